The van der Waals surface area contributed by atoms with Crippen LogP contribution in [0.5, 0.6) is 0 Å². The van der Waals surface area contributed by atoms with Crippen molar-refractivity contribution in [2.24, 2.45) is 5.92 Å². The van der Waals surface area contributed by atoms with E-state index >= 15 is 0 Å². The Bertz CT molecular complexity index is 1060. The van der Waals surface area contributed by atoms with Crippen molar-refractivity contribution in [3.05, 3.63) is 87.4 Å². The molecule has 1 N–H and O–H groups in total. The van der Waals surface area contributed by atoms with Crippen LogP contribution in [-0.4, -0.2) is 18.4 Å². The SMILES string of the molecule is Cc1ccc(N2CCC(C(=O)NC(c3ccc(F)cc3)c3cccs3)C2=O)cc1C. The van der Waals surface area contributed by atoms with Gasteiger partial charge in [-0.2, -0.15) is 0 Å². The topological polar surface area (TPSA) is 49.4 Å². The van der Waals surface area contributed by atoms with Gasteiger partial charge in [0.2, 0.25) is 11.8 Å². The van der Waals surface area contributed by atoms with Crippen LogP contribution in [0, 0.1) is 25.6 Å². The second kappa shape index (κ2) is 8.40. The third-order valence-corrected chi connectivity index (χ3v) is 6.58. The van der Waals surface area contributed by atoms with Gasteiger partial charge in [0.15, 0.2) is 0 Å². The number of carbonyl (C=O) groups is 2. The quantitative estimate of drug-likeness (QED) is 0.603. The molecule has 1 aromatic heterocycles. The van der Waals surface area contributed by atoms with Crippen molar-refractivity contribution in [3.63, 3.8) is 0 Å². The molecule has 2 aromatic carbocycles. The van der Waals surface area contributed by atoms with Crippen LogP contribution in [-0.2, 0) is 9.59 Å². The van der Waals surface area contributed by atoms with E-state index in [0.717, 1.165) is 27.3 Å². The molecule has 4 rings (SSSR count). The minimum Gasteiger partial charge on any atom is -0.344 e. The number of amides is 2. The number of benzene rings is 2. The lowest BCUT2D eigenvalue weighted by Crippen LogP contribution is -2.38. The van der Waals surface area contributed by atoms with Crippen LogP contribution in [0.3, 0.4) is 0 Å². The summed E-state index contributed by atoms with van der Waals surface area (Å²) < 4.78 is 13.4. The fraction of sp³-hybridized carbons (Fsp3) is 0.250. The van der Waals surface area contributed by atoms with Gasteiger partial charge >= 0.3 is 0 Å². The van der Waals surface area contributed by atoms with Gasteiger partial charge in [0, 0.05) is 17.1 Å². The second-order valence-corrected chi connectivity index (χ2v) is 8.59. The van der Waals surface area contributed by atoms with E-state index in [1.165, 1.54) is 23.5 Å². The first-order chi connectivity index (χ1) is 14.4. The van der Waals surface area contributed by atoms with E-state index < -0.39 is 12.0 Å². The number of hydrogen-bond donors (Lipinski definition) is 1. The largest absolute Gasteiger partial charge is 0.344 e. The summed E-state index contributed by atoms with van der Waals surface area (Å²) in [6.07, 6.45) is 0.470. The Balaban J connectivity index is 1.53. The Morgan fingerprint density at radius 3 is 2.57 bits per heavy atom. The van der Waals surface area contributed by atoms with Crippen molar-refractivity contribution < 1.29 is 14.0 Å². The van der Waals surface area contributed by atoms with Crippen molar-refractivity contribution in [1.29, 1.82) is 0 Å². The summed E-state index contributed by atoms with van der Waals surface area (Å²) in [5, 5.41) is 4.95. The number of rotatable bonds is 5. The highest BCUT2D eigenvalue weighted by Gasteiger charge is 2.38. The second-order valence-electron chi connectivity index (χ2n) is 7.61. The highest BCUT2D eigenvalue weighted by Crippen LogP contribution is 2.30. The molecule has 2 heterocycles. The van der Waals surface area contributed by atoms with E-state index in [-0.39, 0.29) is 17.6 Å². The van der Waals surface area contributed by atoms with Crippen LogP contribution in [0.1, 0.15) is 34.0 Å². The van der Waals surface area contributed by atoms with Gasteiger partial charge in [0.05, 0.1) is 6.04 Å². The summed E-state index contributed by atoms with van der Waals surface area (Å²) in [7, 11) is 0. The fourth-order valence-electron chi connectivity index (χ4n) is 3.75. The Hall–Kier alpha value is -2.99. The summed E-state index contributed by atoms with van der Waals surface area (Å²) in [4.78, 5) is 28.7. The molecule has 2 atom stereocenters. The van der Waals surface area contributed by atoms with E-state index in [0.29, 0.717) is 13.0 Å². The number of aryl methyl sites for hydroxylation is 2. The van der Waals surface area contributed by atoms with Gasteiger partial charge < -0.3 is 10.2 Å². The first-order valence-corrected chi connectivity index (χ1v) is 10.8. The molecule has 1 aliphatic heterocycles. The average molecular weight is 423 g/mol. The third-order valence-electron chi connectivity index (χ3n) is 5.64. The Kier molecular flexibility index (Phi) is 5.68. The molecule has 0 radical (unpaired) electrons. The maximum atomic E-state index is 13.4. The van der Waals surface area contributed by atoms with Gasteiger partial charge in [-0.15, -0.1) is 11.3 Å². The number of halogens is 1. The summed E-state index contributed by atoms with van der Waals surface area (Å²) in [5.74, 6) is -1.53. The lowest BCUT2D eigenvalue weighted by Gasteiger charge is -2.21. The monoisotopic (exact) mass is 422 g/mol. The van der Waals surface area contributed by atoms with Crippen molar-refractivity contribution in [2.75, 3.05) is 11.4 Å². The number of carbonyl (C=O) groups excluding carboxylic acids is 2. The Morgan fingerprint density at radius 1 is 1.13 bits per heavy atom. The van der Waals surface area contributed by atoms with Crippen LogP contribution >= 0.6 is 11.3 Å². The average Bonchev–Trinajstić information content (AvgIpc) is 3.39. The fourth-order valence-corrected chi connectivity index (χ4v) is 4.55. The van der Waals surface area contributed by atoms with Crippen LogP contribution in [0.15, 0.2) is 60.0 Å². The predicted molar refractivity (Wildman–Crippen MR) is 117 cm³/mol. The van der Waals surface area contributed by atoms with E-state index in [2.05, 4.69) is 5.32 Å². The molecule has 1 aliphatic rings. The molecule has 4 nitrogen and oxygen atoms in total. The van der Waals surface area contributed by atoms with Gasteiger partial charge in [-0.3, -0.25) is 9.59 Å². The molecule has 2 amide bonds. The number of nitrogens with zero attached hydrogens (tertiary/aromatic N) is 1. The lowest BCUT2D eigenvalue weighted by atomic mass is 10.0. The van der Waals surface area contributed by atoms with Gasteiger partial charge in [0.25, 0.3) is 0 Å². The summed E-state index contributed by atoms with van der Waals surface area (Å²) in [6, 6.07) is 15.4. The van der Waals surface area contributed by atoms with Gasteiger partial charge in [-0.05, 0) is 72.7 Å². The van der Waals surface area contributed by atoms with Crippen molar-refractivity contribution >= 4 is 28.8 Å². The number of thiophene rings is 1. The molecule has 30 heavy (non-hydrogen) atoms. The molecular formula is C24H23FN2O2S. The molecule has 0 bridgehead atoms. The van der Waals surface area contributed by atoms with Crippen molar-refractivity contribution in [3.8, 4) is 0 Å². The Morgan fingerprint density at radius 2 is 1.90 bits per heavy atom. The molecule has 154 valence electrons. The van der Waals surface area contributed by atoms with Crippen LogP contribution in [0.2, 0.25) is 0 Å². The molecule has 6 heteroatoms. The first-order valence-electron chi connectivity index (χ1n) is 9.92. The van der Waals surface area contributed by atoms with Crippen molar-refractivity contribution in [2.45, 2.75) is 26.3 Å². The zero-order valence-electron chi connectivity index (χ0n) is 16.9. The maximum Gasteiger partial charge on any atom is 0.239 e. The van der Waals surface area contributed by atoms with Gasteiger partial charge in [0.1, 0.15) is 11.7 Å². The highest BCUT2D eigenvalue weighted by molar-refractivity contribution is 7.10. The molecule has 0 aliphatic carbocycles. The predicted octanol–water partition coefficient (Wildman–Crippen LogP) is 4.76. The van der Waals surface area contributed by atoms with E-state index in [9.17, 15) is 14.0 Å². The first kappa shape index (κ1) is 20.3. The standard InChI is InChI=1S/C24H23FN2O2S/c1-15-5-10-19(14-16(15)2)27-12-11-20(24(27)29)23(28)26-22(21-4-3-13-30-21)17-6-8-18(25)9-7-17/h3-10,13-14,20,22H,11-12H2,1-2H3,(H,26,28). The van der Waals surface area contributed by atoms with Crippen LogP contribution < -0.4 is 10.2 Å². The molecule has 0 spiro atoms. The zero-order valence-corrected chi connectivity index (χ0v) is 17.7. The third kappa shape index (κ3) is 4.00. The highest BCUT2D eigenvalue weighted by atomic mass is 32.1. The zero-order chi connectivity index (χ0) is 21.3. The van der Waals surface area contributed by atoms with Gasteiger partial charge in [-0.1, -0.05) is 24.3 Å². The number of nitrogens with one attached hydrogen (secondary N) is 1. The number of hydrogen-bond acceptors (Lipinski definition) is 3. The molecule has 1 saturated heterocycles. The molecule has 2 unspecified atom stereocenters. The minimum atomic E-state index is -0.727. The molecule has 0 saturated carbocycles. The van der Waals surface area contributed by atoms with E-state index in [1.807, 2.05) is 49.6 Å². The summed E-state index contributed by atoms with van der Waals surface area (Å²) >= 11 is 1.51. The lowest BCUT2D eigenvalue weighted by molar-refractivity contribution is -0.132. The maximum absolute atomic E-state index is 13.4. The van der Waals surface area contributed by atoms with Gasteiger partial charge in [-0.25, -0.2) is 4.39 Å². The number of anilines is 1. The summed E-state index contributed by atoms with van der Waals surface area (Å²) in [6.45, 7) is 4.55. The minimum absolute atomic E-state index is 0.181. The molecule has 1 fully saturated rings. The van der Waals surface area contributed by atoms with Crippen LogP contribution in [0.4, 0.5) is 10.1 Å². The van der Waals surface area contributed by atoms with Crippen molar-refractivity contribution in [1.82, 2.24) is 5.32 Å². The summed E-state index contributed by atoms with van der Waals surface area (Å²) in [5.41, 5.74) is 3.88. The van der Waals surface area contributed by atoms with Crippen LogP contribution in [0.25, 0.3) is 0 Å². The normalized spacial score (nSPS) is 17.2. The van der Waals surface area contributed by atoms with E-state index in [4.69, 9.17) is 0 Å². The molecular weight excluding hydrogens is 399 g/mol. The Labute approximate surface area is 179 Å². The van der Waals surface area contributed by atoms with E-state index in [1.54, 1.807) is 17.0 Å². The molecule has 3 aromatic rings. The smallest absolute Gasteiger partial charge is 0.239 e.